The number of nitrogens with one attached hydrogen (secondary N) is 1. The van der Waals surface area contributed by atoms with E-state index in [9.17, 15) is 0 Å². The average molecular weight is 205 g/mol. The van der Waals surface area contributed by atoms with Crippen LogP contribution in [0, 0.1) is 0 Å². The van der Waals surface area contributed by atoms with Gasteiger partial charge in [0.05, 0.1) is 0 Å². The van der Waals surface area contributed by atoms with E-state index < -0.39 is 0 Å². The van der Waals surface area contributed by atoms with Gasteiger partial charge in [0.1, 0.15) is 0 Å². The minimum atomic E-state index is 0.606. The van der Waals surface area contributed by atoms with Crippen molar-refractivity contribution in [1.29, 1.82) is 0 Å². The summed E-state index contributed by atoms with van der Waals surface area (Å²) < 4.78 is 0. The van der Waals surface area contributed by atoms with Gasteiger partial charge in [0, 0.05) is 6.04 Å². The SMILES string of the molecule is CCC(Cc1ccc(C(C)C)cc1)NC. The third-order valence-corrected chi connectivity index (χ3v) is 3.03. The van der Waals surface area contributed by atoms with E-state index in [4.69, 9.17) is 0 Å². The van der Waals surface area contributed by atoms with Crippen LogP contribution in [0.25, 0.3) is 0 Å². The molecule has 1 heteroatoms. The maximum absolute atomic E-state index is 3.34. The molecule has 1 aromatic rings. The second kappa shape index (κ2) is 5.92. The van der Waals surface area contributed by atoms with Gasteiger partial charge in [0.2, 0.25) is 0 Å². The Morgan fingerprint density at radius 1 is 1.13 bits per heavy atom. The fourth-order valence-electron chi connectivity index (χ4n) is 1.77. The van der Waals surface area contributed by atoms with E-state index in [1.807, 2.05) is 7.05 Å². The van der Waals surface area contributed by atoms with Gasteiger partial charge in [-0.1, -0.05) is 45.0 Å². The summed E-state index contributed by atoms with van der Waals surface area (Å²) in [7, 11) is 2.04. The molecule has 15 heavy (non-hydrogen) atoms. The lowest BCUT2D eigenvalue weighted by Crippen LogP contribution is -2.26. The van der Waals surface area contributed by atoms with Crippen molar-refractivity contribution in [2.24, 2.45) is 0 Å². The fraction of sp³-hybridized carbons (Fsp3) is 0.571. The number of rotatable bonds is 5. The third kappa shape index (κ3) is 3.67. The van der Waals surface area contributed by atoms with Gasteiger partial charge in [0.25, 0.3) is 0 Å². The van der Waals surface area contributed by atoms with Crippen molar-refractivity contribution in [3.05, 3.63) is 35.4 Å². The first-order chi connectivity index (χ1) is 7.17. The summed E-state index contributed by atoms with van der Waals surface area (Å²) >= 11 is 0. The smallest absolute Gasteiger partial charge is 0.0102 e. The number of likely N-dealkylation sites (N-methyl/N-ethyl adjacent to an activating group) is 1. The van der Waals surface area contributed by atoms with E-state index >= 15 is 0 Å². The molecule has 0 bridgehead atoms. The van der Waals surface area contributed by atoms with Crippen LogP contribution in [0.2, 0.25) is 0 Å². The van der Waals surface area contributed by atoms with Gasteiger partial charge in [0.15, 0.2) is 0 Å². The molecular formula is C14H23N. The Kier molecular flexibility index (Phi) is 4.83. The van der Waals surface area contributed by atoms with Crippen LogP contribution >= 0.6 is 0 Å². The van der Waals surface area contributed by atoms with Crippen molar-refractivity contribution >= 4 is 0 Å². The summed E-state index contributed by atoms with van der Waals surface area (Å²) in [6.45, 7) is 6.69. The molecule has 1 atom stereocenters. The van der Waals surface area contributed by atoms with Gasteiger partial charge in [-0.15, -0.1) is 0 Å². The maximum Gasteiger partial charge on any atom is 0.0102 e. The predicted octanol–water partition coefficient (Wildman–Crippen LogP) is 3.35. The molecule has 1 N–H and O–H groups in total. The lowest BCUT2D eigenvalue weighted by Gasteiger charge is -2.14. The molecule has 0 spiro atoms. The van der Waals surface area contributed by atoms with Crippen LogP contribution in [0.3, 0.4) is 0 Å². The monoisotopic (exact) mass is 205 g/mol. The summed E-state index contributed by atoms with van der Waals surface area (Å²) in [4.78, 5) is 0. The molecule has 0 aliphatic rings. The molecule has 0 aliphatic carbocycles. The number of hydrogen-bond acceptors (Lipinski definition) is 1. The van der Waals surface area contributed by atoms with E-state index in [0.29, 0.717) is 12.0 Å². The minimum Gasteiger partial charge on any atom is -0.317 e. The van der Waals surface area contributed by atoms with E-state index in [1.165, 1.54) is 17.5 Å². The second-order valence-corrected chi connectivity index (χ2v) is 4.49. The number of benzene rings is 1. The van der Waals surface area contributed by atoms with Crippen LogP contribution in [0.4, 0.5) is 0 Å². The molecule has 0 saturated heterocycles. The molecule has 0 saturated carbocycles. The maximum atomic E-state index is 3.34. The quantitative estimate of drug-likeness (QED) is 0.777. The van der Waals surface area contributed by atoms with Crippen molar-refractivity contribution in [1.82, 2.24) is 5.32 Å². The summed E-state index contributed by atoms with van der Waals surface area (Å²) in [6.07, 6.45) is 2.31. The highest BCUT2D eigenvalue weighted by molar-refractivity contribution is 5.25. The molecule has 1 nitrogen and oxygen atoms in total. The molecule has 0 radical (unpaired) electrons. The van der Waals surface area contributed by atoms with Crippen LogP contribution in [-0.4, -0.2) is 13.1 Å². The van der Waals surface area contributed by atoms with Crippen molar-refractivity contribution in [3.8, 4) is 0 Å². The van der Waals surface area contributed by atoms with E-state index in [2.05, 4.69) is 50.4 Å². The topological polar surface area (TPSA) is 12.0 Å². The average Bonchev–Trinajstić information content (AvgIpc) is 2.26. The molecule has 0 aromatic heterocycles. The van der Waals surface area contributed by atoms with E-state index in [0.717, 1.165) is 6.42 Å². The Morgan fingerprint density at radius 3 is 2.13 bits per heavy atom. The Bertz CT molecular complexity index is 270. The summed E-state index contributed by atoms with van der Waals surface area (Å²) in [5.41, 5.74) is 2.86. The van der Waals surface area contributed by atoms with Gasteiger partial charge >= 0.3 is 0 Å². The van der Waals surface area contributed by atoms with Gasteiger partial charge in [-0.3, -0.25) is 0 Å². The molecule has 1 unspecified atom stereocenters. The van der Waals surface area contributed by atoms with E-state index in [-0.39, 0.29) is 0 Å². The first-order valence-corrected chi connectivity index (χ1v) is 5.93. The molecular weight excluding hydrogens is 182 g/mol. The summed E-state index contributed by atoms with van der Waals surface area (Å²) in [5.74, 6) is 0.630. The van der Waals surface area contributed by atoms with Crippen molar-refractivity contribution in [3.63, 3.8) is 0 Å². The molecule has 1 aromatic carbocycles. The Balaban J connectivity index is 2.63. The zero-order chi connectivity index (χ0) is 11.3. The Morgan fingerprint density at radius 2 is 1.73 bits per heavy atom. The molecule has 0 aliphatic heterocycles. The second-order valence-electron chi connectivity index (χ2n) is 4.49. The van der Waals surface area contributed by atoms with E-state index in [1.54, 1.807) is 0 Å². The minimum absolute atomic E-state index is 0.606. The van der Waals surface area contributed by atoms with Gasteiger partial charge in [-0.2, -0.15) is 0 Å². The van der Waals surface area contributed by atoms with Crippen molar-refractivity contribution in [2.75, 3.05) is 7.05 Å². The fourth-order valence-corrected chi connectivity index (χ4v) is 1.77. The molecule has 0 fully saturated rings. The van der Waals surface area contributed by atoms with Gasteiger partial charge < -0.3 is 5.32 Å². The Hall–Kier alpha value is -0.820. The van der Waals surface area contributed by atoms with Crippen LogP contribution < -0.4 is 5.32 Å². The van der Waals surface area contributed by atoms with Crippen LogP contribution in [0.5, 0.6) is 0 Å². The zero-order valence-corrected chi connectivity index (χ0v) is 10.4. The standard InChI is InChI=1S/C14H23N/c1-5-14(15-4)10-12-6-8-13(9-7-12)11(2)3/h6-9,11,14-15H,5,10H2,1-4H3. The molecule has 0 amide bonds. The lowest BCUT2D eigenvalue weighted by atomic mass is 9.98. The largest absolute Gasteiger partial charge is 0.317 e. The van der Waals surface area contributed by atoms with Crippen LogP contribution in [0.15, 0.2) is 24.3 Å². The normalized spacial score (nSPS) is 13.1. The lowest BCUT2D eigenvalue weighted by molar-refractivity contribution is 0.543. The highest BCUT2D eigenvalue weighted by Crippen LogP contribution is 2.15. The van der Waals surface area contributed by atoms with Gasteiger partial charge in [-0.25, -0.2) is 0 Å². The summed E-state index contributed by atoms with van der Waals surface area (Å²) in [5, 5.41) is 3.34. The predicted molar refractivity (Wildman–Crippen MR) is 67.4 cm³/mol. The molecule has 1 rings (SSSR count). The van der Waals surface area contributed by atoms with Crippen molar-refractivity contribution in [2.45, 2.75) is 45.6 Å². The highest BCUT2D eigenvalue weighted by atomic mass is 14.9. The van der Waals surface area contributed by atoms with Crippen LogP contribution in [-0.2, 0) is 6.42 Å². The molecule has 84 valence electrons. The van der Waals surface area contributed by atoms with Crippen LogP contribution in [0.1, 0.15) is 44.2 Å². The summed E-state index contributed by atoms with van der Waals surface area (Å²) in [6, 6.07) is 9.63. The Labute approximate surface area is 93.9 Å². The van der Waals surface area contributed by atoms with Gasteiger partial charge in [-0.05, 0) is 36.9 Å². The number of hydrogen-bond donors (Lipinski definition) is 1. The van der Waals surface area contributed by atoms with Crippen molar-refractivity contribution < 1.29 is 0 Å². The zero-order valence-electron chi connectivity index (χ0n) is 10.4. The molecule has 0 heterocycles. The third-order valence-electron chi connectivity index (χ3n) is 3.03. The highest BCUT2D eigenvalue weighted by Gasteiger charge is 2.04. The first kappa shape index (κ1) is 12.3. The first-order valence-electron chi connectivity index (χ1n) is 5.93.